The third-order valence-corrected chi connectivity index (χ3v) is 2.81. The van der Waals surface area contributed by atoms with Crippen LogP contribution in [0.2, 0.25) is 0 Å². The van der Waals surface area contributed by atoms with Gasteiger partial charge in [0.05, 0.1) is 11.3 Å². The highest BCUT2D eigenvalue weighted by atomic mass is 16.8. The monoisotopic (exact) mass is 246 g/mol. The molecule has 0 atom stereocenters. The lowest BCUT2D eigenvalue weighted by molar-refractivity contribution is -0.116. The second kappa shape index (κ2) is 4.40. The quantitative estimate of drug-likeness (QED) is 0.757. The molecule has 6 nitrogen and oxygen atoms in total. The van der Waals surface area contributed by atoms with Gasteiger partial charge in [-0.2, -0.15) is 4.90 Å². The van der Waals surface area contributed by atoms with Gasteiger partial charge in [0.2, 0.25) is 5.91 Å². The average Bonchev–Trinajstić information content (AvgIpc) is 2.36. The molecule has 94 valence electrons. The van der Waals surface area contributed by atoms with E-state index in [0.29, 0.717) is 16.9 Å². The minimum absolute atomic E-state index is 0.0675. The van der Waals surface area contributed by atoms with Crippen LogP contribution in [0.15, 0.2) is 30.5 Å². The lowest BCUT2D eigenvalue weighted by atomic mass is 10.1. The first-order chi connectivity index (χ1) is 8.52. The maximum absolute atomic E-state index is 11.4. The van der Waals surface area contributed by atoms with Gasteiger partial charge in [0.15, 0.2) is 0 Å². The van der Waals surface area contributed by atoms with E-state index in [-0.39, 0.29) is 11.3 Å². The number of anilines is 1. The third kappa shape index (κ3) is 1.88. The Balaban J connectivity index is 2.85. The Hall–Kier alpha value is -2.50. The number of amides is 1. The largest absolute Gasteiger partial charge is 0.612 e. The van der Waals surface area contributed by atoms with Crippen LogP contribution < -0.4 is 15.2 Å². The minimum atomic E-state index is -0.467. The Bertz CT molecular complexity index is 629. The molecule has 0 radical (unpaired) electrons. The van der Waals surface area contributed by atoms with Crippen molar-refractivity contribution in [1.82, 2.24) is 9.89 Å². The number of nitrogens with zero attached hydrogens (tertiary/aromatic N) is 2. The highest BCUT2D eigenvalue weighted by Crippen LogP contribution is 2.18. The van der Waals surface area contributed by atoms with E-state index in [0.717, 1.165) is 0 Å². The number of carbonyl (C=O) groups is 1. The molecule has 1 aliphatic heterocycles. The zero-order valence-corrected chi connectivity index (χ0v) is 10.0. The Kier molecular flexibility index (Phi) is 2.93. The average molecular weight is 246 g/mol. The molecule has 0 aromatic heterocycles. The van der Waals surface area contributed by atoms with Gasteiger partial charge in [0.25, 0.3) is 5.36 Å². The first-order valence-electron chi connectivity index (χ1n) is 5.34. The van der Waals surface area contributed by atoms with Gasteiger partial charge >= 0.3 is 0 Å². The molecule has 1 heterocycles. The van der Waals surface area contributed by atoms with Gasteiger partial charge in [0.1, 0.15) is 5.69 Å². The summed E-state index contributed by atoms with van der Waals surface area (Å²) in [6, 6.07) is 6.63. The fourth-order valence-corrected chi connectivity index (χ4v) is 1.81. The summed E-state index contributed by atoms with van der Waals surface area (Å²) in [5.74, 6) is -0.252. The molecule has 0 saturated carbocycles. The molecule has 0 bridgehead atoms. The summed E-state index contributed by atoms with van der Waals surface area (Å²) in [6.07, 6.45) is 1.69. The Morgan fingerprint density at radius 2 is 2.06 bits per heavy atom. The van der Waals surface area contributed by atoms with Crippen LogP contribution in [0.3, 0.4) is 0 Å². The molecule has 0 spiro atoms. The molecule has 1 N–H and O–H groups in total. The molecule has 0 saturated heterocycles. The second-order valence-electron chi connectivity index (χ2n) is 3.90. The van der Waals surface area contributed by atoms with Crippen LogP contribution in [0.1, 0.15) is 6.92 Å². The van der Waals surface area contributed by atoms with Crippen LogP contribution in [-0.2, 0) is 4.79 Å². The predicted molar refractivity (Wildman–Crippen MR) is 68.5 cm³/mol. The van der Waals surface area contributed by atoms with Crippen LogP contribution in [0.4, 0.5) is 5.69 Å². The lowest BCUT2D eigenvalue weighted by Gasteiger charge is -2.18. The summed E-state index contributed by atoms with van der Waals surface area (Å²) in [5.41, 5.74) is 1.43. The number of carbonyl (C=O) groups excluding carboxylic acids is 1. The van der Waals surface area contributed by atoms with Crippen molar-refractivity contribution in [3.63, 3.8) is 0 Å². The first-order valence-corrected chi connectivity index (χ1v) is 5.34. The number of nitrogens with one attached hydrogen (secondary N) is 1. The van der Waals surface area contributed by atoms with Gasteiger partial charge < -0.3 is 20.3 Å². The molecule has 0 aromatic rings. The van der Waals surface area contributed by atoms with Crippen molar-refractivity contribution in [2.24, 2.45) is 0 Å². The summed E-state index contributed by atoms with van der Waals surface area (Å²) in [5, 5.41) is 22.4. The van der Waals surface area contributed by atoms with E-state index in [1.807, 2.05) is 0 Å². The van der Waals surface area contributed by atoms with E-state index in [1.54, 1.807) is 30.5 Å². The smallest absolute Gasteiger partial charge is 0.256 e. The van der Waals surface area contributed by atoms with Gasteiger partial charge in [0, 0.05) is 20.2 Å². The van der Waals surface area contributed by atoms with Crippen molar-refractivity contribution >= 4 is 11.6 Å². The van der Waals surface area contributed by atoms with E-state index < -0.39 is 4.90 Å². The molecule has 1 amide bonds. The molecule has 18 heavy (non-hydrogen) atoms. The molecule has 6 heteroatoms. The molecule has 2 rings (SSSR count). The zero-order valence-electron chi connectivity index (χ0n) is 10.0. The van der Waals surface area contributed by atoms with Crippen molar-refractivity contribution in [3.05, 3.63) is 46.2 Å². The number of rotatable bonds is 1. The molecule has 0 aromatic carbocycles. The van der Waals surface area contributed by atoms with Crippen LogP contribution in [-0.4, -0.2) is 17.9 Å². The van der Waals surface area contributed by atoms with Gasteiger partial charge in [-0.05, 0) is 24.3 Å². The second-order valence-corrected chi connectivity index (χ2v) is 3.90. The Labute approximate surface area is 103 Å². The standard InChI is InChI=1S/C12H12N3O3/c1-8(16)14(2)11-6-5-10-9(4-3-7-13-10)12(11)15(17)18/h3-7,13H,1-2H3/q-1. The van der Waals surface area contributed by atoms with Crippen molar-refractivity contribution in [2.45, 2.75) is 6.92 Å². The summed E-state index contributed by atoms with van der Waals surface area (Å²) in [4.78, 5) is 15.1. The molecule has 0 unspecified atom stereocenters. The third-order valence-electron chi connectivity index (χ3n) is 2.81. The normalized spacial score (nSPS) is 10.3. The van der Waals surface area contributed by atoms with Crippen molar-refractivity contribution in [1.29, 1.82) is 0 Å². The van der Waals surface area contributed by atoms with Gasteiger partial charge in [-0.25, -0.2) is 0 Å². The Morgan fingerprint density at radius 3 is 2.67 bits per heavy atom. The number of hydrogen-bond acceptors (Lipinski definition) is 3. The van der Waals surface area contributed by atoms with E-state index in [2.05, 4.69) is 4.98 Å². The number of aromatic nitrogens is 1. The topological polar surface area (TPSA) is 85.2 Å². The highest BCUT2D eigenvalue weighted by molar-refractivity contribution is 5.91. The fraction of sp³-hybridized carbons (Fsp3) is 0.167. The van der Waals surface area contributed by atoms with Crippen LogP contribution in [0, 0.1) is 10.4 Å². The molecular formula is C12H12N3O3-. The van der Waals surface area contributed by atoms with Crippen LogP contribution >= 0.6 is 0 Å². The van der Waals surface area contributed by atoms with Crippen LogP contribution in [0.25, 0.3) is 11.3 Å². The first kappa shape index (κ1) is 12.0. The van der Waals surface area contributed by atoms with E-state index >= 15 is 0 Å². The van der Waals surface area contributed by atoms with Gasteiger partial charge in [-0.3, -0.25) is 4.79 Å². The molecular weight excluding hydrogens is 234 g/mol. The summed E-state index contributed by atoms with van der Waals surface area (Å²) in [6.45, 7) is 1.37. The van der Waals surface area contributed by atoms with Crippen LogP contribution in [0.5, 0.6) is 0 Å². The summed E-state index contributed by atoms with van der Waals surface area (Å²) in [7, 11) is 1.52. The van der Waals surface area contributed by atoms with Crippen molar-refractivity contribution in [3.8, 4) is 11.3 Å². The number of hydrogen-bond donors (Lipinski definition) is 1. The number of benzene rings is 1. The number of aromatic amines is 1. The maximum atomic E-state index is 11.4. The fourth-order valence-electron chi connectivity index (χ4n) is 1.81. The molecule has 1 aliphatic carbocycles. The van der Waals surface area contributed by atoms with Crippen molar-refractivity contribution < 1.29 is 4.79 Å². The Morgan fingerprint density at radius 1 is 1.33 bits per heavy atom. The molecule has 2 aliphatic rings. The number of fused-ring (bicyclic) bond motifs is 1. The zero-order chi connectivity index (χ0) is 13.3. The van der Waals surface area contributed by atoms with Gasteiger partial charge in [-0.15, -0.1) is 0 Å². The highest BCUT2D eigenvalue weighted by Gasteiger charge is 2.17. The van der Waals surface area contributed by atoms with Crippen molar-refractivity contribution in [2.75, 3.05) is 11.9 Å². The summed E-state index contributed by atoms with van der Waals surface area (Å²) >= 11 is 0. The van der Waals surface area contributed by atoms with E-state index in [4.69, 9.17) is 0 Å². The SMILES string of the molecule is CC(=O)N(C)c1ccc2[nH]cccc-2c1=[N+]([O-])[O-]. The predicted octanol–water partition coefficient (Wildman–Crippen LogP) is 0.870. The maximum Gasteiger partial charge on any atom is 0.256 e. The number of pyridine rings is 1. The van der Waals surface area contributed by atoms with E-state index in [9.17, 15) is 15.2 Å². The lowest BCUT2D eigenvalue weighted by Crippen LogP contribution is -2.33. The number of H-pyrrole nitrogens is 1. The van der Waals surface area contributed by atoms with E-state index in [1.165, 1.54) is 18.9 Å². The van der Waals surface area contributed by atoms with Gasteiger partial charge in [-0.1, -0.05) is 0 Å². The minimum Gasteiger partial charge on any atom is -0.612 e. The molecule has 0 fully saturated rings. The summed E-state index contributed by atoms with van der Waals surface area (Å²) < 4.78 is 0.